The molecule has 0 unspecified atom stereocenters. The minimum Gasteiger partial charge on any atom is -0.481 e. The Morgan fingerprint density at radius 2 is 1.83 bits per heavy atom. The molecule has 1 aromatic carbocycles. The van der Waals surface area contributed by atoms with Crippen LogP contribution in [0.1, 0.15) is 24.0 Å². The van der Waals surface area contributed by atoms with Gasteiger partial charge in [-0.2, -0.15) is 0 Å². The van der Waals surface area contributed by atoms with Crippen LogP contribution in [0.25, 0.3) is 0 Å². The molecule has 2 rings (SSSR count). The third-order valence-corrected chi connectivity index (χ3v) is 5.74. The molecule has 1 aliphatic rings. The van der Waals surface area contributed by atoms with Crippen molar-refractivity contribution < 1.29 is 18.3 Å². The SMILES string of the molecule is CCS(=O)(=O)[C@@H]1[C@@H](C(=O)O)[C@@H]1c1ccc(C)cc1. The Morgan fingerprint density at radius 1 is 1.28 bits per heavy atom. The van der Waals surface area contributed by atoms with E-state index in [1.165, 1.54) is 0 Å². The zero-order chi connectivity index (χ0) is 13.5. The van der Waals surface area contributed by atoms with Gasteiger partial charge in [-0.1, -0.05) is 36.8 Å². The lowest BCUT2D eigenvalue weighted by atomic mass is 10.1. The monoisotopic (exact) mass is 268 g/mol. The topological polar surface area (TPSA) is 71.4 Å². The molecule has 0 bridgehead atoms. The molecule has 0 radical (unpaired) electrons. The van der Waals surface area contributed by atoms with Crippen LogP contribution in [0, 0.1) is 12.8 Å². The van der Waals surface area contributed by atoms with E-state index in [0.29, 0.717) is 0 Å². The first-order valence-corrected chi connectivity index (χ1v) is 7.61. The van der Waals surface area contributed by atoms with E-state index < -0.39 is 32.9 Å². The van der Waals surface area contributed by atoms with Gasteiger partial charge < -0.3 is 5.11 Å². The van der Waals surface area contributed by atoms with Crippen molar-refractivity contribution in [3.05, 3.63) is 35.4 Å². The lowest BCUT2D eigenvalue weighted by molar-refractivity contribution is -0.138. The molecule has 0 heterocycles. The van der Waals surface area contributed by atoms with Gasteiger partial charge in [-0.25, -0.2) is 8.42 Å². The fraction of sp³-hybridized carbons (Fsp3) is 0.462. The number of hydrogen-bond donors (Lipinski definition) is 1. The van der Waals surface area contributed by atoms with Gasteiger partial charge in [0.25, 0.3) is 0 Å². The fourth-order valence-electron chi connectivity index (χ4n) is 2.40. The third-order valence-electron chi connectivity index (χ3n) is 3.52. The number of rotatable bonds is 4. The molecule has 0 saturated heterocycles. The Balaban J connectivity index is 2.33. The number of sulfone groups is 1. The van der Waals surface area contributed by atoms with Crippen molar-refractivity contribution in [1.82, 2.24) is 0 Å². The molecular formula is C13H16O4S. The van der Waals surface area contributed by atoms with Crippen LogP contribution in [0.5, 0.6) is 0 Å². The second-order valence-electron chi connectivity index (χ2n) is 4.72. The summed E-state index contributed by atoms with van der Waals surface area (Å²) in [6.45, 7) is 3.49. The van der Waals surface area contributed by atoms with Gasteiger partial charge in [0.2, 0.25) is 0 Å². The predicted octanol–water partition coefficient (Wildman–Crippen LogP) is 1.60. The highest BCUT2D eigenvalue weighted by Gasteiger charge is 2.62. The molecule has 1 fully saturated rings. The van der Waals surface area contributed by atoms with Crippen molar-refractivity contribution >= 4 is 15.8 Å². The number of aliphatic carboxylic acids is 1. The number of carboxylic acid groups (broad SMARTS) is 1. The van der Waals surface area contributed by atoms with Crippen molar-refractivity contribution in [1.29, 1.82) is 0 Å². The molecule has 5 heteroatoms. The molecule has 4 nitrogen and oxygen atoms in total. The average molecular weight is 268 g/mol. The largest absolute Gasteiger partial charge is 0.481 e. The minimum absolute atomic E-state index is 0.0101. The standard InChI is InChI=1S/C13H16O4S/c1-3-18(16,17)12-10(11(12)13(14)15)9-6-4-8(2)5-7-9/h4-7,10-12H,3H2,1-2H3,(H,14,15)/t10-,11-,12-/m0/s1. The zero-order valence-electron chi connectivity index (χ0n) is 10.3. The van der Waals surface area contributed by atoms with Crippen molar-refractivity contribution in [2.24, 2.45) is 5.92 Å². The number of aryl methyl sites for hydroxylation is 1. The second-order valence-corrected chi connectivity index (χ2v) is 7.16. The molecule has 1 saturated carbocycles. The van der Waals surface area contributed by atoms with Gasteiger partial charge in [-0.3, -0.25) is 4.79 Å². The predicted molar refractivity (Wildman–Crippen MR) is 68.3 cm³/mol. The summed E-state index contributed by atoms with van der Waals surface area (Å²) in [5, 5.41) is 8.34. The summed E-state index contributed by atoms with van der Waals surface area (Å²) in [7, 11) is -3.31. The highest BCUT2D eigenvalue weighted by Crippen LogP contribution is 2.52. The van der Waals surface area contributed by atoms with Gasteiger partial charge in [-0.05, 0) is 12.5 Å². The van der Waals surface area contributed by atoms with Crippen molar-refractivity contribution in [3.63, 3.8) is 0 Å². The van der Waals surface area contributed by atoms with E-state index in [-0.39, 0.29) is 5.75 Å². The van der Waals surface area contributed by atoms with E-state index >= 15 is 0 Å². The van der Waals surface area contributed by atoms with Crippen molar-refractivity contribution in [3.8, 4) is 0 Å². The first kappa shape index (κ1) is 13.1. The lowest BCUT2D eigenvalue weighted by Gasteiger charge is -2.01. The normalized spacial score (nSPS) is 26.9. The molecule has 18 heavy (non-hydrogen) atoms. The second kappa shape index (κ2) is 4.39. The van der Waals surface area contributed by atoms with E-state index in [1.807, 2.05) is 31.2 Å². The average Bonchev–Trinajstić information content (AvgIpc) is 3.06. The molecule has 3 atom stereocenters. The molecular weight excluding hydrogens is 252 g/mol. The Bertz CT molecular complexity index is 559. The van der Waals surface area contributed by atoms with Crippen LogP contribution in [-0.2, 0) is 14.6 Å². The molecule has 0 amide bonds. The van der Waals surface area contributed by atoms with Gasteiger partial charge >= 0.3 is 5.97 Å². The Kier molecular flexibility index (Phi) is 3.19. The van der Waals surface area contributed by atoms with Crippen molar-refractivity contribution in [2.75, 3.05) is 5.75 Å². The van der Waals surface area contributed by atoms with E-state index in [9.17, 15) is 13.2 Å². The maximum absolute atomic E-state index is 11.9. The Morgan fingerprint density at radius 3 is 2.28 bits per heavy atom. The van der Waals surface area contributed by atoms with Gasteiger partial charge in [0.05, 0.1) is 11.2 Å². The first-order valence-electron chi connectivity index (χ1n) is 5.89. The highest BCUT2D eigenvalue weighted by molar-refractivity contribution is 7.92. The van der Waals surface area contributed by atoms with Crippen LogP contribution < -0.4 is 0 Å². The fourth-order valence-corrected chi connectivity index (χ4v) is 4.20. The number of carboxylic acids is 1. The summed E-state index contributed by atoms with van der Waals surface area (Å²) in [5.74, 6) is -2.22. The molecule has 1 aliphatic carbocycles. The van der Waals surface area contributed by atoms with Crippen LogP contribution in [-0.4, -0.2) is 30.5 Å². The van der Waals surface area contributed by atoms with Gasteiger partial charge in [0.15, 0.2) is 9.84 Å². The molecule has 0 aliphatic heterocycles. The third kappa shape index (κ3) is 2.14. The van der Waals surface area contributed by atoms with Crippen molar-refractivity contribution in [2.45, 2.75) is 25.0 Å². The van der Waals surface area contributed by atoms with Crippen LogP contribution in [0.3, 0.4) is 0 Å². The van der Waals surface area contributed by atoms with E-state index in [4.69, 9.17) is 5.11 Å². The minimum atomic E-state index is -3.31. The van der Waals surface area contributed by atoms with E-state index in [2.05, 4.69) is 0 Å². The number of carbonyl (C=O) groups is 1. The molecule has 1 N–H and O–H groups in total. The number of hydrogen-bond acceptors (Lipinski definition) is 3. The molecule has 1 aromatic rings. The highest BCUT2D eigenvalue weighted by atomic mass is 32.2. The maximum atomic E-state index is 11.9. The summed E-state index contributed by atoms with van der Waals surface area (Å²) < 4.78 is 23.7. The Labute approximate surface area is 107 Å². The zero-order valence-corrected chi connectivity index (χ0v) is 11.1. The van der Waals surface area contributed by atoms with Gasteiger partial charge in [0.1, 0.15) is 0 Å². The van der Waals surface area contributed by atoms with Crippen LogP contribution in [0.4, 0.5) is 0 Å². The maximum Gasteiger partial charge on any atom is 0.308 e. The molecule has 98 valence electrons. The molecule has 0 spiro atoms. The molecule has 0 aromatic heterocycles. The summed E-state index contributed by atoms with van der Waals surface area (Å²) in [6, 6.07) is 7.40. The lowest BCUT2D eigenvalue weighted by Crippen LogP contribution is -2.14. The van der Waals surface area contributed by atoms with Crippen LogP contribution in [0.15, 0.2) is 24.3 Å². The smallest absolute Gasteiger partial charge is 0.308 e. The van der Waals surface area contributed by atoms with Gasteiger partial charge in [-0.15, -0.1) is 0 Å². The van der Waals surface area contributed by atoms with E-state index in [0.717, 1.165) is 11.1 Å². The van der Waals surface area contributed by atoms with Gasteiger partial charge in [0, 0.05) is 11.7 Å². The summed E-state index contributed by atoms with van der Waals surface area (Å²) in [5.41, 5.74) is 1.87. The number of benzene rings is 1. The summed E-state index contributed by atoms with van der Waals surface area (Å²) >= 11 is 0. The van der Waals surface area contributed by atoms with Crippen LogP contribution >= 0.6 is 0 Å². The quantitative estimate of drug-likeness (QED) is 0.900. The van der Waals surface area contributed by atoms with Crippen LogP contribution in [0.2, 0.25) is 0 Å². The Hall–Kier alpha value is -1.36. The summed E-state index contributed by atoms with van der Waals surface area (Å²) in [6.07, 6.45) is 0. The first-order chi connectivity index (χ1) is 8.38. The summed E-state index contributed by atoms with van der Waals surface area (Å²) in [4.78, 5) is 11.1. The van der Waals surface area contributed by atoms with E-state index in [1.54, 1.807) is 6.92 Å².